The highest BCUT2D eigenvalue weighted by Crippen LogP contribution is 2.19. The molecule has 110 valence electrons. The van der Waals surface area contributed by atoms with Crippen molar-refractivity contribution in [1.82, 2.24) is 10.2 Å². The Morgan fingerprint density at radius 1 is 1.50 bits per heavy atom. The number of nitrogens with two attached hydrogens (primary N) is 1. The zero-order chi connectivity index (χ0) is 14.0. The minimum atomic E-state index is -0.197. The molecule has 1 aliphatic heterocycles. The summed E-state index contributed by atoms with van der Waals surface area (Å²) in [6.45, 7) is 0.543. The van der Waals surface area contributed by atoms with Crippen LogP contribution in [0.5, 0.6) is 0 Å². The van der Waals surface area contributed by atoms with Gasteiger partial charge < -0.3 is 16.0 Å². The second-order valence-corrected chi connectivity index (χ2v) is 5.63. The number of nitrogens with one attached hydrogen (secondary N) is 1. The normalized spacial score (nSPS) is 18.4. The van der Waals surface area contributed by atoms with Gasteiger partial charge in [-0.05, 0) is 24.6 Å². The summed E-state index contributed by atoms with van der Waals surface area (Å²) in [5, 5.41) is 2.92. The highest BCUT2D eigenvalue weighted by atomic mass is 79.9. The predicted molar refractivity (Wildman–Crippen MR) is 83.9 cm³/mol. The Balaban J connectivity index is 0.00000200. The van der Waals surface area contributed by atoms with Crippen molar-refractivity contribution in [3.8, 4) is 0 Å². The van der Waals surface area contributed by atoms with Crippen molar-refractivity contribution >= 4 is 45.8 Å². The van der Waals surface area contributed by atoms with Crippen molar-refractivity contribution in [3.63, 3.8) is 0 Å². The van der Waals surface area contributed by atoms with Gasteiger partial charge in [0, 0.05) is 36.2 Å². The number of amides is 2. The zero-order valence-corrected chi connectivity index (χ0v) is 13.5. The lowest BCUT2D eigenvalue weighted by atomic mass is 10.0. The average molecular weight is 363 g/mol. The van der Waals surface area contributed by atoms with Gasteiger partial charge in [0.1, 0.15) is 0 Å². The summed E-state index contributed by atoms with van der Waals surface area (Å²) in [6, 6.07) is 5.15. The van der Waals surface area contributed by atoms with E-state index < -0.39 is 0 Å². The molecule has 1 atom stereocenters. The van der Waals surface area contributed by atoms with E-state index in [1.165, 1.54) is 0 Å². The largest absolute Gasteiger partial charge is 0.398 e. The van der Waals surface area contributed by atoms with Crippen LogP contribution in [0.25, 0.3) is 0 Å². The van der Waals surface area contributed by atoms with Gasteiger partial charge in [-0.1, -0.05) is 15.9 Å². The molecule has 1 aromatic rings. The lowest BCUT2D eigenvalue weighted by Gasteiger charge is -2.30. The highest BCUT2D eigenvalue weighted by molar-refractivity contribution is 9.10. The third-order valence-electron chi connectivity index (χ3n) is 3.22. The van der Waals surface area contributed by atoms with Crippen molar-refractivity contribution in [2.75, 3.05) is 19.3 Å². The maximum Gasteiger partial charge on any atom is 0.253 e. The number of piperidine rings is 1. The van der Waals surface area contributed by atoms with Crippen LogP contribution in [0.15, 0.2) is 22.7 Å². The molecule has 1 fully saturated rings. The molecule has 0 saturated carbocycles. The smallest absolute Gasteiger partial charge is 0.253 e. The minimum absolute atomic E-state index is 0. The van der Waals surface area contributed by atoms with E-state index >= 15 is 0 Å². The molecule has 0 radical (unpaired) electrons. The summed E-state index contributed by atoms with van der Waals surface area (Å²) in [5.41, 5.74) is 6.72. The maximum atomic E-state index is 12.1. The Hall–Kier alpha value is -1.27. The summed E-state index contributed by atoms with van der Waals surface area (Å²) in [7, 11) is 1.74. The Kier molecular flexibility index (Phi) is 5.83. The van der Waals surface area contributed by atoms with Crippen LogP contribution in [-0.4, -0.2) is 36.3 Å². The second-order valence-electron chi connectivity index (χ2n) is 4.71. The highest BCUT2D eigenvalue weighted by Gasteiger charge is 2.24. The topological polar surface area (TPSA) is 75.4 Å². The SMILES string of the molecule is CN1CC(NC(=O)c2ccc(Br)cc2N)CCC1=O.Cl. The molecule has 3 N–H and O–H groups in total. The van der Waals surface area contributed by atoms with Gasteiger partial charge >= 0.3 is 0 Å². The van der Waals surface area contributed by atoms with Gasteiger partial charge in [-0.3, -0.25) is 9.59 Å². The van der Waals surface area contributed by atoms with E-state index in [0.717, 1.165) is 4.47 Å². The summed E-state index contributed by atoms with van der Waals surface area (Å²) < 4.78 is 0.838. The van der Waals surface area contributed by atoms with Crippen molar-refractivity contribution < 1.29 is 9.59 Å². The van der Waals surface area contributed by atoms with Gasteiger partial charge in [0.25, 0.3) is 5.91 Å². The molecule has 0 bridgehead atoms. The third kappa shape index (κ3) is 3.86. The van der Waals surface area contributed by atoms with Crippen molar-refractivity contribution in [1.29, 1.82) is 0 Å². The van der Waals surface area contributed by atoms with Crippen molar-refractivity contribution in [3.05, 3.63) is 28.2 Å². The summed E-state index contributed by atoms with van der Waals surface area (Å²) in [5.74, 6) is -0.0774. The summed E-state index contributed by atoms with van der Waals surface area (Å²) in [4.78, 5) is 25.1. The molecule has 0 spiro atoms. The van der Waals surface area contributed by atoms with E-state index in [0.29, 0.717) is 30.6 Å². The molecule has 1 heterocycles. The van der Waals surface area contributed by atoms with Gasteiger partial charge in [0.15, 0.2) is 0 Å². The molecule has 2 amide bonds. The molecular formula is C13H17BrClN3O2. The Labute approximate surface area is 132 Å². The Morgan fingerprint density at radius 3 is 2.80 bits per heavy atom. The van der Waals surface area contributed by atoms with Crippen LogP contribution >= 0.6 is 28.3 Å². The lowest BCUT2D eigenvalue weighted by Crippen LogP contribution is -2.48. The Morgan fingerprint density at radius 2 is 2.20 bits per heavy atom. The van der Waals surface area contributed by atoms with Crippen LogP contribution in [-0.2, 0) is 4.79 Å². The molecule has 1 saturated heterocycles. The predicted octanol–water partition coefficient (Wildman–Crippen LogP) is 1.80. The number of hydrogen-bond donors (Lipinski definition) is 2. The first-order valence-electron chi connectivity index (χ1n) is 6.07. The summed E-state index contributed by atoms with van der Waals surface area (Å²) in [6.07, 6.45) is 1.14. The van der Waals surface area contributed by atoms with E-state index in [1.54, 1.807) is 30.1 Å². The fourth-order valence-corrected chi connectivity index (χ4v) is 2.51. The fourth-order valence-electron chi connectivity index (χ4n) is 2.13. The number of hydrogen-bond acceptors (Lipinski definition) is 3. The number of halogens is 2. The number of benzene rings is 1. The molecule has 20 heavy (non-hydrogen) atoms. The van der Waals surface area contributed by atoms with Gasteiger partial charge in [-0.2, -0.15) is 0 Å². The van der Waals surface area contributed by atoms with E-state index in [9.17, 15) is 9.59 Å². The van der Waals surface area contributed by atoms with Gasteiger partial charge in [-0.25, -0.2) is 0 Å². The molecule has 7 heteroatoms. The first-order valence-corrected chi connectivity index (χ1v) is 6.86. The molecule has 5 nitrogen and oxygen atoms in total. The average Bonchev–Trinajstić information content (AvgIpc) is 2.33. The van der Waals surface area contributed by atoms with E-state index in [1.807, 2.05) is 0 Å². The molecule has 0 aromatic heterocycles. The third-order valence-corrected chi connectivity index (χ3v) is 3.71. The monoisotopic (exact) mass is 361 g/mol. The molecule has 2 rings (SSSR count). The van der Waals surface area contributed by atoms with E-state index in [-0.39, 0.29) is 30.3 Å². The summed E-state index contributed by atoms with van der Waals surface area (Å²) >= 11 is 3.30. The number of rotatable bonds is 2. The number of nitrogens with zero attached hydrogens (tertiary/aromatic N) is 1. The lowest BCUT2D eigenvalue weighted by molar-refractivity contribution is -0.132. The van der Waals surface area contributed by atoms with Gasteiger partial charge in [0.2, 0.25) is 5.91 Å². The number of likely N-dealkylation sites (tertiary alicyclic amines) is 1. The van der Waals surface area contributed by atoms with Crippen LogP contribution in [0.2, 0.25) is 0 Å². The Bertz CT molecular complexity index is 524. The van der Waals surface area contributed by atoms with Crippen molar-refractivity contribution in [2.45, 2.75) is 18.9 Å². The zero-order valence-electron chi connectivity index (χ0n) is 11.1. The van der Waals surface area contributed by atoms with E-state index in [2.05, 4.69) is 21.2 Å². The van der Waals surface area contributed by atoms with Crippen LogP contribution in [0.3, 0.4) is 0 Å². The molecule has 1 unspecified atom stereocenters. The van der Waals surface area contributed by atoms with Crippen LogP contribution < -0.4 is 11.1 Å². The number of likely N-dealkylation sites (N-methyl/N-ethyl adjacent to an activating group) is 1. The van der Waals surface area contributed by atoms with Crippen molar-refractivity contribution in [2.24, 2.45) is 0 Å². The number of carbonyl (C=O) groups excluding carboxylic acids is 2. The fraction of sp³-hybridized carbons (Fsp3) is 0.385. The number of anilines is 1. The maximum absolute atomic E-state index is 12.1. The minimum Gasteiger partial charge on any atom is -0.398 e. The number of nitrogen functional groups attached to an aromatic ring is 1. The first-order chi connectivity index (χ1) is 8.97. The van der Waals surface area contributed by atoms with Crippen LogP contribution in [0.1, 0.15) is 23.2 Å². The van der Waals surface area contributed by atoms with Crippen LogP contribution in [0.4, 0.5) is 5.69 Å². The molecule has 1 aliphatic rings. The van der Waals surface area contributed by atoms with E-state index in [4.69, 9.17) is 5.73 Å². The number of carbonyl (C=O) groups is 2. The van der Waals surface area contributed by atoms with Gasteiger partial charge in [-0.15, -0.1) is 12.4 Å². The molecule has 1 aromatic carbocycles. The quantitative estimate of drug-likeness (QED) is 0.788. The van der Waals surface area contributed by atoms with Crippen LogP contribution in [0, 0.1) is 0 Å². The molecular weight excluding hydrogens is 346 g/mol. The standard InChI is InChI=1S/C13H16BrN3O2.ClH/c1-17-7-9(3-5-12(17)18)16-13(19)10-4-2-8(14)6-11(10)15;/h2,4,6,9H,3,5,7,15H2,1H3,(H,16,19);1H. The first kappa shape index (κ1) is 16.8. The molecule has 0 aliphatic carbocycles. The van der Waals surface area contributed by atoms with Gasteiger partial charge in [0.05, 0.1) is 5.56 Å². The second kappa shape index (κ2) is 6.95.